The minimum absolute atomic E-state index is 0.0869. The van der Waals surface area contributed by atoms with E-state index in [0.717, 1.165) is 11.4 Å². The van der Waals surface area contributed by atoms with Gasteiger partial charge in [-0.1, -0.05) is 43.7 Å². The highest BCUT2D eigenvalue weighted by Gasteiger charge is 2.31. The van der Waals surface area contributed by atoms with Crippen molar-refractivity contribution in [2.24, 2.45) is 0 Å². The Morgan fingerprint density at radius 2 is 1.82 bits per heavy atom. The van der Waals surface area contributed by atoms with Crippen LogP contribution < -0.4 is 10.1 Å². The molecule has 1 aliphatic heterocycles. The average molecular weight is 568 g/mol. The molecule has 0 aliphatic carbocycles. The molecule has 2 heterocycles. The van der Waals surface area contributed by atoms with E-state index in [1.165, 1.54) is 35.6 Å². The van der Waals surface area contributed by atoms with Crippen LogP contribution in [0.2, 0.25) is 0 Å². The number of nitrogens with zero attached hydrogens (tertiary/aromatic N) is 2. The van der Waals surface area contributed by atoms with E-state index >= 15 is 0 Å². The fourth-order valence-corrected chi connectivity index (χ4v) is 6.93. The molecular formula is C26H28F3N3O4S2. The fraction of sp³-hybridized carbons (Fsp3) is 0.385. The van der Waals surface area contributed by atoms with Gasteiger partial charge in [0.25, 0.3) is 5.91 Å². The molecule has 1 aromatic heterocycles. The highest BCUT2D eigenvalue weighted by atomic mass is 32.2. The van der Waals surface area contributed by atoms with E-state index in [9.17, 15) is 26.4 Å². The minimum atomic E-state index is -4.77. The quantitative estimate of drug-likeness (QED) is 0.329. The maximum absolute atomic E-state index is 13.0. The predicted octanol–water partition coefficient (Wildman–Crippen LogP) is 6.27. The maximum Gasteiger partial charge on any atom is 0.573 e. The minimum Gasteiger partial charge on any atom is -0.406 e. The lowest BCUT2D eigenvalue weighted by Gasteiger charge is -2.30. The van der Waals surface area contributed by atoms with E-state index in [1.807, 2.05) is 6.92 Å². The topological polar surface area (TPSA) is 88.6 Å². The summed E-state index contributed by atoms with van der Waals surface area (Å²) in [7, 11) is -3.24. The van der Waals surface area contributed by atoms with Gasteiger partial charge < -0.3 is 10.1 Å². The molecule has 12 heteroatoms. The van der Waals surface area contributed by atoms with Crippen molar-refractivity contribution in [2.75, 3.05) is 24.2 Å². The number of nitrogens with one attached hydrogen (secondary N) is 1. The van der Waals surface area contributed by atoms with Crippen LogP contribution in [0.15, 0.2) is 53.9 Å². The first-order valence-electron chi connectivity index (χ1n) is 12.3. The number of benzene rings is 2. The number of aromatic nitrogens is 1. The molecule has 0 radical (unpaired) electrons. The molecule has 0 atom stereocenters. The number of carbonyl (C=O) groups excluding carboxylic acids is 1. The molecule has 0 spiro atoms. The largest absolute Gasteiger partial charge is 0.573 e. The lowest BCUT2D eigenvalue weighted by molar-refractivity contribution is -0.274. The second-order valence-electron chi connectivity index (χ2n) is 8.99. The van der Waals surface area contributed by atoms with E-state index in [-0.39, 0.29) is 23.1 Å². The van der Waals surface area contributed by atoms with Crippen molar-refractivity contribution < 1.29 is 31.1 Å². The molecule has 204 valence electrons. The van der Waals surface area contributed by atoms with Crippen LogP contribution in [0.4, 0.5) is 18.9 Å². The van der Waals surface area contributed by atoms with Crippen LogP contribution >= 0.6 is 11.3 Å². The average Bonchev–Trinajstić information content (AvgIpc) is 3.38. The number of amides is 1. The number of hydrogen-bond donors (Lipinski definition) is 1. The van der Waals surface area contributed by atoms with Crippen molar-refractivity contribution in [1.82, 2.24) is 9.29 Å². The first-order valence-corrected chi connectivity index (χ1v) is 14.7. The summed E-state index contributed by atoms with van der Waals surface area (Å²) in [6.07, 6.45) is -2.00. The standard InChI is InChI=1S/C26H28F3N3O4S2/c1-2-3-16-38(34,35)32-14-12-19(13-15-32)25-31-23(17-37-25)24(33)30-22-7-5-4-6-21(22)18-8-10-20(11-9-18)36-26(27,28)29/h4-11,17,19H,2-3,12-16H2,1H3,(H,30,33). The van der Waals surface area contributed by atoms with Gasteiger partial charge in [0.05, 0.1) is 10.8 Å². The fourth-order valence-electron chi connectivity index (χ4n) is 4.28. The third-order valence-electron chi connectivity index (χ3n) is 6.28. The zero-order valence-electron chi connectivity index (χ0n) is 20.7. The van der Waals surface area contributed by atoms with Crippen LogP contribution in [0, 0.1) is 0 Å². The number of sulfonamides is 1. The van der Waals surface area contributed by atoms with Gasteiger partial charge in [-0.3, -0.25) is 4.79 Å². The van der Waals surface area contributed by atoms with Crippen LogP contribution in [0.5, 0.6) is 5.75 Å². The lowest BCUT2D eigenvalue weighted by atomic mass is 9.99. The molecule has 4 rings (SSSR count). The summed E-state index contributed by atoms with van der Waals surface area (Å²) in [5, 5.41) is 5.33. The Hall–Kier alpha value is -2.96. The van der Waals surface area contributed by atoms with Crippen LogP contribution in [-0.2, 0) is 10.0 Å². The number of thiazole rings is 1. The Balaban J connectivity index is 1.40. The Kier molecular flexibility index (Phi) is 8.74. The Bertz CT molecular complexity index is 1350. The van der Waals surface area contributed by atoms with E-state index in [4.69, 9.17) is 0 Å². The van der Waals surface area contributed by atoms with Gasteiger partial charge in [0.2, 0.25) is 10.0 Å². The normalized spacial score (nSPS) is 15.4. The van der Waals surface area contributed by atoms with Gasteiger partial charge in [0.1, 0.15) is 11.4 Å². The highest BCUT2D eigenvalue weighted by Crippen LogP contribution is 2.33. The number of carbonyl (C=O) groups is 1. The van der Waals surface area contributed by atoms with E-state index in [1.54, 1.807) is 34.0 Å². The van der Waals surface area contributed by atoms with Crippen molar-refractivity contribution in [2.45, 2.75) is 44.9 Å². The first kappa shape index (κ1) is 28.1. The van der Waals surface area contributed by atoms with Gasteiger partial charge in [0.15, 0.2) is 0 Å². The first-order chi connectivity index (χ1) is 18.1. The summed E-state index contributed by atoms with van der Waals surface area (Å²) in [6.45, 7) is 2.85. The summed E-state index contributed by atoms with van der Waals surface area (Å²) in [4.78, 5) is 17.5. The van der Waals surface area contributed by atoms with Crippen LogP contribution in [0.1, 0.15) is 54.0 Å². The van der Waals surface area contributed by atoms with Crippen molar-refractivity contribution in [3.05, 3.63) is 64.6 Å². The smallest absolute Gasteiger partial charge is 0.406 e. The predicted molar refractivity (Wildman–Crippen MR) is 141 cm³/mol. The zero-order valence-corrected chi connectivity index (χ0v) is 22.3. The molecule has 0 bridgehead atoms. The number of ether oxygens (including phenoxy) is 1. The zero-order chi connectivity index (χ0) is 27.3. The Morgan fingerprint density at radius 1 is 1.13 bits per heavy atom. The van der Waals surface area contributed by atoms with E-state index < -0.39 is 22.3 Å². The van der Waals surface area contributed by atoms with Crippen molar-refractivity contribution in [3.63, 3.8) is 0 Å². The number of unbranched alkanes of at least 4 members (excludes halogenated alkanes) is 1. The van der Waals surface area contributed by atoms with Crippen molar-refractivity contribution >= 4 is 33.0 Å². The Labute approximate surface area is 223 Å². The number of hydrogen-bond acceptors (Lipinski definition) is 6. The third-order valence-corrected chi connectivity index (χ3v) is 9.24. The Morgan fingerprint density at radius 3 is 2.47 bits per heavy atom. The number of anilines is 1. The van der Waals surface area contributed by atoms with Gasteiger partial charge in [-0.25, -0.2) is 17.7 Å². The third kappa shape index (κ3) is 7.12. The summed E-state index contributed by atoms with van der Waals surface area (Å²) in [5.74, 6) is -0.481. The van der Waals surface area contributed by atoms with Crippen LogP contribution in [-0.4, -0.2) is 48.8 Å². The molecule has 0 unspecified atom stereocenters. The van der Waals surface area contributed by atoms with Gasteiger partial charge in [-0.2, -0.15) is 0 Å². The van der Waals surface area contributed by atoms with Crippen molar-refractivity contribution in [1.29, 1.82) is 0 Å². The maximum atomic E-state index is 13.0. The van der Waals surface area contributed by atoms with E-state index in [2.05, 4.69) is 15.0 Å². The molecular weight excluding hydrogens is 539 g/mol. The molecule has 1 aliphatic rings. The van der Waals surface area contributed by atoms with Gasteiger partial charge in [0, 0.05) is 35.6 Å². The SMILES string of the molecule is CCCCS(=O)(=O)N1CCC(c2nc(C(=O)Nc3ccccc3-c3ccc(OC(F)(F)F)cc3)cs2)CC1. The molecule has 1 N–H and O–H groups in total. The monoisotopic (exact) mass is 567 g/mol. The molecule has 0 saturated carbocycles. The molecule has 2 aromatic carbocycles. The summed E-state index contributed by atoms with van der Waals surface area (Å²) in [6, 6.07) is 12.4. The number of rotatable bonds is 9. The lowest BCUT2D eigenvalue weighted by Crippen LogP contribution is -2.39. The second-order valence-corrected chi connectivity index (χ2v) is 12.0. The molecule has 38 heavy (non-hydrogen) atoms. The molecule has 3 aromatic rings. The number of para-hydroxylation sites is 1. The van der Waals surface area contributed by atoms with Gasteiger partial charge in [-0.15, -0.1) is 24.5 Å². The molecule has 7 nitrogen and oxygen atoms in total. The number of alkyl halides is 3. The number of halogens is 3. The number of piperidine rings is 1. The summed E-state index contributed by atoms with van der Waals surface area (Å²) < 4.78 is 67.8. The van der Waals surface area contributed by atoms with Crippen LogP contribution in [0.25, 0.3) is 11.1 Å². The molecule has 1 saturated heterocycles. The summed E-state index contributed by atoms with van der Waals surface area (Å²) in [5.41, 5.74) is 1.98. The van der Waals surface area contributed by atoms with E-state index in [0.29, 0.717) is 49.2 Å². The van der Waals surface area contributed by atoms with Crippen molar-refractivity contribution in [3.8, 4) is 16.9 Å². The molecule has 1 fully saturated rings. The van der Waals surface area contributed by atoms with Gasteiger partial charge in [-0.05, 0) is 43.0 Å². The second kappa shape index (κ2) is 11.8. The molecule has 1 amide bonds. The van der Waals surface area contributed by atoms with Crippen LogP contribution in [0.3, 0.4) is 0 Å². The highest BCUT2D eigenvalue weighted by molar-refractivity contribution is 7.89. The summed E-state index contributed by atoms with van der Waals surface area (Å²) >= 11 is 1.38. The van der Waals surface area contributed by atoms with Gasteiger partial charge >= 0.3 is 6.36 Å².